The van der Waals surface area contributed by atoms with E-state index in [1.807, 2.05) is 17.9 Å². The second-order valence-electron chi connectivity index (χ2n) is 4.47. The summed E-state index contributed by atoms with van der Waals surface area (Å²) in [5, 5.41) is 11.2. The first kappa shape index (κ1) is 15.4. The van der Waals surface area contributed by atoms with Crippen LogP contribution in [0.1, 0.15) is 50.5 Å². The molecule has 0 spiro atoms. The zero-order chi connectivity index (χ0) is 14.1. The van der Waals surface area contributed by atoms with E-state index in [2.05, 4.69) is 29.4 Å². The Bertz CT molecular complexity index is 378. The fraction of sp³-hybridized carbons (Fsp3) is 0.643. The van der Waals surface area contributed by atoms with Crippen molar-refractivity contribution in [3.8, 4) is 0 Å². The molecule has 0 aliphatic heterocycles. The molecule has 0 radical (unpaired) electrons. The molecule has 0 saturated carbocycles. The maximum Gasteiger partial charge on any atom is 0.274 e. The van der Waals surface area contributed by atoms with Crippen molar-refractivity contribution in [2.24, 2.45) is 0 Å². The predicted molar refractivity (Wildman–Crippen MR) is 77.3 cm³/mol. The van der Waals surface area contributed by atoms with E-state index in [0.717, 1.165) is 38.2 Å². The maximum absolute atomic E-state index is 12.2. The summed E-state index contributed by atoms with van der Waals surface area (Å²) in [7, 11) is 0. The zero-order valence-electron chi connectivity index (χ0n) is 12.1. The number of nitrogens with one attached hydrogen (secondary N) is 1. The van der Waals surface area contributed by atoms with Gasteiger partial charge in [0.15, 0.2) is 5.69 Å². The van der Waals surface area contributed by atoms with E-state index in [0.29, 0.717) is 12.2 Å². The van der Waals surface area contributed by atoms with Gasteiger partial charge < -0.3 is 10.2 Å². The van der Waals surface area contributed by atoms with E-state index >= 15 is 0 Å². The second-order valence-corrected chi connectivity index (χ2v) is 4.47. The van der Waals surface area contributed by atoms with Crippen LogP contribution in [-0.4, -0.2) is 40.6 Å². The van der Waals surface area contributed by atoms with E-state index in [9.17, 15) is 4.79 Å². The number of hydrogen-bond acceptors (Lipinski definition) is 4. The topological polar surface area (TPSA) is 58.1 Å². The fourth-order valence-electron chi connectivity index (χ4n) is 1.71. The highest BCUT2D eigenvalue weighted by Gasteiger charge is 2.15. The maximum atomic E-state index is 12.2. The van der Waals surface area contributed by atoms with Crippen molar-refractivity contribution in [2.45, 2.75) is 40.0 Å². The summed E-state index contributed by atoms with van der Waals surface area (Å²) in [6.45, 7) is 8.54. The molecule has 0 aliphatic carbocycles. The Balaban J connectivity index is 2.65. The van der Waals surface area contributed by atoms with Gasteiger partial charge in [0.1, 0.15) is 5.82 Å². The standard InChI is InChI=1S/C14H24N4O/c1-4-7-11-18(6-3)14(19)12-8-9-13(17-16-12)15-10-5-2/h8-9H,4-7,10-11H2,1-3H3,(H,15,17). The molecule has 5 heteroatoms. The van der Waals surface area contributed by atoms with Crippen LogP contribution >= 0.6 is 0 Å². The van der Waals surface area contributed by atoms with Crippen LogP contribution in [0, 0.1) is 0 Å². The normalized spacial score (nSPS) is 10.3. The Morgan fingerprint density at radius 2 is 2.00 bits per heavy atom. The summed E-state index contributed by atoms with van der Waals surface area (Å²) in [6.07, 6.45) is 3.13. The largest absolute Gasteiger partial charge is 0.369 e. The number of carbonyl (C=O) groups excluding carboxylic acids is 1. The lowest BCUT2D eigenvalue weighted by atomic mass is 10.2. The lowest BCUT2D eigenvalue weighted by Crippen LogP contribution is -2.32. The average molecular weight is 264 g/mol. The number of nitrogens with zero attached hydrogens (tertiary/aromatic N) is 3. The first-order valence-corrected chi connectivity index (χ1v) is 7.09. The van der Waals surface area contributed by atoms with Gasteiger partial charge in [-0.05, 0) is 31.9 Å². The zero-order valence-corrected chi connectivity index (χ0v) is 12.1. The molecule has 106 valence electrons. The van der Waals surface area contributed by atoms with Crippen LogP contribution < -0.4 is 5.32 Å². The summed E-state index contributed by atoms with van der Waals surface area (Å²) in [5.74, 6) is 0.681. The third-order valence-electron chi connectivity index (χ3n) is 2.89. The molecule has 0 bridgehead atoms. The number of rotatable bonds is 8. The van der Waals surface area contributed by atoms with Crippen LogP contribution in [0.4, 0.5) is 5.82 Å². The highest BCUT2D eigenvalue weighted by Crippen LogP contribution is 2.06. The Labute approximate surface area is 115 Å². The van der Waals surface area contributed by atoms with Gasteiger partial charge in [-0.15, -0.1) is 10.2 Å². The second kappa shape index (κ2) is 8.45. The lowest BCUT2D eigenvalue weighted by molar-refractivity contribution is 0.0755. The van der Waals surface area contributed by atoms with E-state index in [4.69, 9.17) is 0 Å². The quantitative estimate of drug-likeness (QED) is 0.784. The van der Waals surface area contributed by atoms with Crippen molar-refractivity contribution in [1.82, 2.24) is 15.1 Å². The van der Waals surface area contributed by atoms with Gasteiger partial charge in [0.25, 0.3) is 5.91 Å². The molecule has 1 N–H and O–H groups in total. The minimum absolute atomic E-state index is 0.0366. The molecule has 0 aromatic carbocycles. The van der Waals surface area contributed by atoms with Gasteiger partial charge in [0.2, 0.25) is 0 Å². The van der Waals surface area contributed by atoms with Crippen molar-refractivity contribution >= 4 is 11.7 Å². The molecule has 1 amide bonds. The first-order valence-electron chi connectivity index (χ1n) is 7.09. The average Bonchev–Trinajstić information content (AvgIpc) is 2.46. The highest BCUT2D eigenvalue weighted by molar-refractivity contribution is 5.92. The van der Waals surface area contributed by atoms with Gasteiger partial charge in [-0.1, -0.05) is 20.3 Å². The molecular formula is C14H24N4O. The summed E-state index contributed by atoms with van der Waals surface area (Å²) in [6, 6.07) is 3.55. The van der Waals surface area contributed by atoms with Gasteiger partial charge in [0.05, 0.1) is 0 Å². The third-order valence-corrected chi connectivity index (χ3v) is 2.89. The minimum atomic E-state index is -0.0366. The smallest absolute Gasteiger partial charge is 0.274 e. The Morgan fingerprint density at radius 3 is 2.53 bits per heavy atom. The van der Waals surface area contributed by atoms with Crippen LogP contribution in [0.15, 0.2) is 12.1 Å². The highest BCUT2D eigenvalue weighted by atomic mass is 16.2. The van der Waals surface area contributed by atoms with Crippen LogP contribution in [0.3, 0.4) is 0 Å². The molecule has 0 fully saturated rings. The number of anilines is 1. The number of aromatic nitrogens is 2. The number of unbranched alkanes of at least 4 members (excludes halogenated alkanes) is 1. The fourth-order valence-corrected chi connectivity index (χ4v) is 1.71. The third kappa shape index (κ3) is 4.85. The molecule has 1 aromatic rings. The van der Waals surface area contributed by atoms with Crippen molar-refractivity contribution in [3.63, 3.8) is 0 Å². The SMILES string of the molecule is CCCCN(CC)C(=O)c1ccc(NCCC)nn1. The van der Waals surface area contributed by atoms with Crippen LogP contribution in [0.2, 0.25) is 0 Å². The molecule has 0 aliphatic rings. The Hall–Kier alpha value is -1.65. The number of carbonyl (C=O) groups is 1. The Morgan fingerprint density at radius 1 is 1.21 bits per heavy atom. The van der Waals surface area contributed by atoms with E-state index in [1.54, 1.807) is 6.07 Å². The Kier molecular flexibility index (Phi) is 6.85. The molecule has 19 heavy (non-hydrogen) atoms. The number of amides is 1. The molecule has 0 saturated heterocycles. The van der Waals surface area contributed by atoms with Gasteiger partial charge in [-0.25, -0.2) is 0 Å². The molecule has 0 atom stereocenters. The van der Waals surface area contributed by atoms with Crippen molar-refractivity contribution in [2.75, 3.05) is 25.0 Å². The van der Waals surface area contributed by atoms with E-state index in [-0.39, 0.29) is 5.91 Å². The summed E-state index contributed by atoms with van der Waals surface area (Å²) in [5.41, 5.74) is 0.417. The van der Waals surface area contributed by atoms with Crippen molar-refractivity contribution < 1.29 is 4.79 Å². The van der Waals surface area contributed by atoms with Gasteiger partial charge in [-0.2, -0.15) is 0 Å². The van der Waals surface area contributed by atoms with Crippen LogP contribution in [0.25, 0.3) is 0 Å². The molecular weight excluding hydrogens is 240 g/mol. The van der Waals surface area contributed by atoms with Gasteiger partial charge in [0, 0.05) is 19.6 Å². The predicted octanol–water partition coefficient (Wildman–Crippen LogP) is 2.56. The lowest BCUT2D eigenvalue weighted by Gasteiger charge is -2.19. The van der Waals surface area contributed by atoms with Gasteiger partial charge >= 0.3 is 0 Å². The molecule has 1 aromatic heterocycles. The summed E-state index contributed by atoms with van der Waals surface area (Å²) in [4.78, 5) is 14.0. The first-order chi connectivity index (χ1) is 9.22. The molecule has 1 rings (SSSR count). The monoisotopic (exact) mass is 264 g/mol. The van der Waals surface area contributed by atoms with Gasteiger partial charge in [-0.3, -0.25) is 4.79 Å². The van der Waals surface area contributed by atoms with Crippen LogP contribution in [-0.2, 0) is 0 Å². The molecule has 1 heterocycles. The van der Waals surface area contributed by atoms with Crippen molar-refractivity contribution in [3.05, 3.63) is 17.8 Å². The minimum Gasteiger partial charge on any atom is -0.369 e. The van der Waals surface area contributed by atoms with E-state index in [1.165, 1.54) is 0 Å². The van der Waals surface area contributed by atoms with E-state index < -0.39 is 0 Å². The van der Waals surface area contributed by atoms with Crippen LogP contribution in [0.5, 0.6) is 0 Å². The molecule has 5 nitrogen and oxygen atoms in total. The van der Waals surface area contributed by atoms with Crippen molar-refractivity contribution in [1.29, 1.82) is 0 Å². The summed E-state index contributed by atoms with van der Waals surface area (Å²) >= 11 is 0. The summed E-state index contributed by atoms with van der Waals surface area (Å²) < 4.78 is 0. The molecule has 0 unspecified atom stereocenters. The number of hydrogen-bond donors (Lipinski definition) is 1.